The normalized spacial score (nSPS) is 35.0. The summed E-state index contributed by atoms with van der Waals surface area (Å²) in [7, 11) is 2.63. The zero-order valence-corrected chi connectivity index (χ0v) is 29.1. The van der Waals surface area contributed by atoms with E-state index in [0.29, 0.717) is 54.0 Å². The number of carbonyl (C=O) groups excluding carboxylic acids is 4. The number of nitrogens with one attached hydrogen (secondary N) is 2. The number of amides is 2. The van der Waals surface area contributed by atoms with Gasteiger partial charge in [0.1, 0.15) is 12.7 Å². The van der Waals surface area contributed by atoms with E-state index in [1.807, 2.05) is 6.07 Å². The Labute approximate surface area is 284 Å². The van der Waals surface area contributed by atoms with Gasteiger partial charge in [0.2, 0.25) is 0 Å². The number of urea groups is 1. The van der Waals surface area contributed by atoms with Gasteiger partial charge in [0.05, 0.1) is 20.3 Å². The molecule has 0 aliphatic heterocycles. The second-order valence-electron chi connectivity index (χ2n) is 15.2. The number of hydrogen-bond acceptors (Lipinski definition) is 9. The first-order valence-corrected chi connectivity index (χ1v) is 17.7. The number of para-hydroxylation sites is 1. The lowest BCUT2D eigenvalue weighted by Gasteiger charge is -2.62. The van der Waals surface area contributed by atoms with Crippen molar-refractivity contribution in [3.05, 3.63) is 30.3 Å². The van der Waals surface area contributed by atoms with Crippen LogP contribution in [-0.4, -0.2) is 68.3 Å². The van der Waals surface area contributed by atoms with Crippen molar-refractivity contribution in [3.63, 3.8) is 0 Å². The number of hydrogen-bond donors (Lipinski definition) is 3. The minimum absolute atomic E-state index is 0.0512. The number of ether oxygens (including phenoxy) is 4. The average molecular weight is 671 g/mol. The van der Waals surface area contributed by atoms with Crippen molar-refractivity contribution in [2.45, 2.75) is 103 Å². The largest absolute Gasteiger partial charge is 0.508 e. The second kappa shape index (κ2) is 15.0. The molecule has 0 spiro atoms. The van der Waals surface area contributed by atoms with Crippen molar-refractivity contribution >= 4 is 29.8 Å². The molecule has 0 unspecified atom stereocenters. The molecule has 4 fully saturated rings. The van der Waals surface area contributed by atoms with Gasteiger partial charge in [-0.25, -0.2) is 14.4 Å². The molecule has 5 rings (SSSR count). The summed E-state index contributed by atoms with van der Waals surface area (Å²) in [4.78, 5) is 49.4. The molecule has 4 aliphatic rings. The Bertz CT molecular complexity index is 1310. The maximum absolute atomic E-state index is 12.8. The quantitative estimate of drug-likeness (QED) is 0.199. The van der Waals surface area contributed by atoms with Crippen LogP contribution in [0.4, 0.5) is 15.3 Å². The highest BCUT2D eigenvalue weighted by molar-refractivity contribution is 5.92. The lowest BCUT2D eigenvalue weighted by molar-refractivity contribution is -0.176. The molecule has 11 nitrogen and oxygen atoms in total. The van der Waals surface area contributed by atoms with E-state index in [9.17, 15) is 24.3 Å². The first kappa shape index (κ1) is 36.0. The van der Waals surface area contributed by atoms with Gasteiger partial charge in [0, 0.05) is 12.1 Å². The van der Waals surface area contributed by atoms with E-state index in [1.54, 1.807) is 24.3 Å². The van der Waals surface area contributed by atoms with Gasteiger partial charge in [0.15, 0.2) is 6.04 Å². The predicted molar refractivity (Wildman–Crippen MR) is 178 cm³/mol. The van der Waals surface area contributed by atoms with Crippen LogP contribution < -0.4 is 10.6 Å². The minimum Gasteiger partial charge on any atom is -0.469 e. The molecular formula is C37H54N2O9. The van der Waals surface area contributed by atoms with Gasteiger partial charge in [-0.3, -0.25) is 4.79 Å². The number of fused-ring (bicyclic) bond motifs is 5. The summed E-state index contributed by atoms with van der Waals surface area (Å²) < 4.78 is 20.7. The van der Waals surface area contributed by atoms with Gasteiger partial charge in [-0.05, 0) is 116 Å². The molecular weight excluding hydrogens is 616 g/mol. The highest BCUT2D eigenvalue weighted by Crippen LogP contribution is 2.68. The molecule has 48 heavy (non-hydrogen) atoms. The predicted octanol–water partition coefficient (Wildman–Crippen LogP) is 6.09. The van der Waals surface area contributed by atoms with Crippen molar-refractivity contribution in [1.82, 2.24) is 5.32 Å². The zero-order valence-electron chi connectivity index (χ0n) is 29.1. The number of esters is 2. The number of benzene rings is 1. The number of carbonyl (C=O) groups is 4. The monoisotopic (exact) mass is 670 g/mol. The Balaban J connectivity index is 1.14. The van der Waals surface area contributed by atoms with E-state index < -0.39 is 30.8 Å². The van der Waals surface area contributed by atoms with Gasteiger partial charge in [-0.1, -0.05) is 39.0 Å². The lowest BCUT2D eigenvalue weighted by atomic mass is 9.43. The topological polar surface area (TPSA) is 149 Å². The Morgan fingerprint density at radius 1 is 0.958 bits per heavy atom. The van der Waals surface area contributed by atoms with Crippen LogP contribution >= 0.6 is 0 Å². The van der Waals surface area contributed by atoms with E-state index >= 15 is 0 Å². The molecule has 1 aromatic carbocycles. The number of rotatable bonds is 10. The molecule has 0 heterocycles. The lowest BCUT2D eigenvalue weighted by Crippen LogP contribution is -2.59. The number of methoxy groups -OCH3 is 2. The van der Waals surface area contributed by atoms with Crippen molar-refractivity contribution < 1.29 is 43.2 Å². The van der Waals surface area contributed by atoms with Crippen LogP contribution in [0, 0.1) is 46.3 Å². The standard InChI is InChI=1S/C37H54N2O9/c1-22(11-16-32(41)45-4)27-14-15-28-26-13-12-23-19-25(17-18-36(23,2)29(26)20-31(40)37(27,28)3)48-35(44)47-21-30(33(42)46-5)39-34(43)38-24-9-7-6-8-10-24/h6-10,22-23,25-31,40H,11-21H2,1-5H3,(H2,38,39,43)/t22-,23-,25-,26+,27-,28+,29+,30+,31+,36+,37-/m1/s1. The fraction of sp³-hybridized carbons (Fsp3) is 0.730. The Hall–Kier alpha value is -3.34. The molecule has 11 atom stereocenters. The van der Waals surface area contributed by atoms with E-state index in [-0.39, 0.29) is 29.0 Å². The van der Waals surface area contributed by atoms with Crippen molar-refractivity contribution in [1.29, 1.82) is 0 Å². The van der Waals surface area contributed by atoms with Gasteiger partial charge in [-0.15, -0.1) is 0 Å². The maximum Gasteiger partial charge on any atom is 0.508 e. The van der Waals surface area contributed by atoms with E-state index in [0.717, 1.165) is 51.4 Å². The molecule has 4 saturated carbocycles. The third kappa shape index (κ3) is 7.31. The molecule has 0 bridgehead atoms. The molecule has 11 heteroatoms. The summed E-state index contributed by atoms with van der Waals surface area (Å²) in [5.41, 5.74) is 0.446. The van der Waals surface area contributed by atoms with E-state index in [1.165, 1.54) is 14.2 Å². The number of aliphatic hydroxyl groups excluding tert-OH is 1. The SMILES string of the molecule is COC(=O)CC[C@@H](C)[C@H]1CC[C@H]2[C@@H]3CC[C@@H]4C[C@H](OC(=O)OC[C@H](NC(=O)Nc5ccccc5)C(=O)OC)CC[C@]4(C)[C@H]3C[C@H](O)[C@]12C. The third-order valence-corrected chi connectivity index (χ3v) is 13.0. The van der Waals surface area contributed by atoms with Crippen LogP contribution in [-0.2, 0) is 28.5 Å². The van der Waals surface area contributed by atoms with Crippen LogP contribution in [0.1, 0.15) is 85.0 Å². The zero-order chi connectivity index (χ0) is 34.6. The summed E-state index contributed by atoms with van der Waals surface area (Å²) in [6.45, 7) is 6.51. The highest BCUT2D eigenvalue weighted by atomic mass is 16.7. The molecule has 0 saturated heterocycles. The molecule has 3 N–H and O–H groups in total. The van der Waals surface area contributed by atoms with Gasteiger partial charge in [-0.2, -0.15) is 0 Å². The fourth-order valence-corrected chi connectivity index (χ4v) is 10.4. The van der Waals surface area contributed by atoms with Crippen LogP contribution in [0.15, 0.2) is 30.3 Å². The Kier molecular flexibility index (Phi) is 11.3. The van der Waals surface area contributed by atoms with Crippen molar-refractivity contribution in [2.75, 3.05) is 26.1 Å². The number of aliphatic hydroxyl groups is 1. The smallest absolute Gasteiger partial charge is 0.469 e. The Morgan fingerprint density at radius 3 is 2.42 bits per heavy atom. The number of anilines is 1. The maximum atomic E-state index is 12.8. The van der Waals surface area contributed by atoms with E-state index in [2.05, 4.69) is 31.4 Å². The second-order valence-corrected chi connectivity index (χ2v) is 15.2. The third-order valence-electron chi connectivity index (χ3n) is 13.0. The Morgan fingerprint density at radius 2 is 1.71 bits per heavy atom. The summed E-state index contributed by atoms with van der Waals surface area (Å²) in [6, 6.07) is 6.93. The van der Waals surface area contributed by atoms with Crippen LogP contribution in [0.25, 0.3) is 0 Å². The average Bonchev–Trinajstić information content (AvgIpc) is 3.44. The van der Waals surface area contributed by atoms with E-state index in [4.69, 9.17) is 18.9 Å². The molecule has 2 amide bonds. The summed E-state index contributed by atoms with van der Waals surface area (Å²) in [6.07, 6.45) is 7.14. The highest BCUT2D eigenvalue weighted by Gasteiger charge is 2.63. The molecule has 4 aliphatic carbocycles. The van der Waals surface area contributed by atoms with Gasteiger partial charge in [0.25, 0.3) is 0 Å². The minimum atomic E-state index is -1.20. The van der Waals surface area contributed by atoms with Crippen LogP contribution in [0.5, 0.6) is 0 Å². The first-order chi connectivity index (χ1) is 22.9. The molecule has 1 aromatic rings. The van der Waals surface area contributed by atoms with Crippen molar-refractivity contribution in [3.8, 4) is 0 Å². The van der Waals surface area contributed by atoms with Gasteiger partial charge >= 0.3 is 24.1 Å². The fourth-order valence-electron chi connectivity index (χ4n) is 10.4. The van der Waals surface area contributed by atoms with Crippen LogP contribution in [0.2, 0.25) is 0 Å². The molecule has 0 aromatic heterocycles. The molecule has 0 radical (unpaired) electrons. The van der Waals surface area contributed by atoms with Gasteiger partial charge < -0.3 is 34.7 Å². The summed E-state index contributed by atoms with van der Waals surface area (Å²) >= 11 is 0. The van der Waals surface area contributed by atoms with Crippen LogP contribution in [0.3, 0.4) is 0 Å². The summed E-state index contributed by atoms with van der Waals surface area (Å²) in [5.74, 6) is 1.61. The first-order valence-electron chi connectivity index (χ1n) is 17.7. The molecule has 266 valence electrons. The summed E-state index contributed by atoms with van der Waals surface area (Å²) in [5, 5.41) is 17.0. The van der Waals surface area contributed by atoms with Crippen molar-refractivity contribution in [2.24, 2.45) is 46.3 Å².